The summed E-state index contributed by atoms with van der Waals surface area (Å²) < 4.78 is 5.57. The molecule has 72 valence electrons. The van der Waals surface area contributed by atoms with Gasteiger partial charge < -0.3 is 10.5 Å². The minimum absolute atomic E-state index is 0.474. The van der Waals surface area contributed by atoms with Gasteiger partial charge in [-0.2, -0.15) is 0 Å². The molecule has 2 aromatic rings. The highest BCUT2D eigenvalue weighted by molar-refractivity contribution is 7.11. The molecule has 0 aliphatic carbocycles. The lowest BCUT2D eigenvalue weighted by Crippen LogP contribution is -1.98. The molecule has 2 rings (SSSR count). The standard InChI is InChI=1S/C10H10N2OS/c11-7-8-3-1-2-4-9(8)13-10-12-5-6-14-10/h1-6H,7,11H2. The van der Waals surface area contributed by atoms with Crippen LogP contribution >= 0.6 is 11.3 Å². The van der Waals surface area contributed by atoms with Crippen LogP contribution in [-0.4, -0.2) is 4.98 Å². The summed E-state index contributed by atoms with van der Waals surface area (Å²) in [6.07, 6.45) is 1.71. The van der Waals surface area contributed by atoms with Crippen LogP contribution in [0.1, 0.15) is 5.56 Å². The van der Waals surface area contributed by atoms with Gasteiger partial charge in [-0.1, -0.05) is 29.5 Å². The molecule has 0 atom stereocenters. The van der Waals surface area contributed by atoms with Gasteiger partial charge in [-0.05, 0) is 6.07 Å². The van der Waals surface area contributed by atoms with Gasteiger partial charge >= 0.3 is 0 Å². The number of aromatic nitrogens is 1. The van der Waals surface area contributed by atoms with Gasteiger partial charge in [0.05, 0.1) is 0 Å². The lowest BCUT2D eigenvalue weighted by atomic mass is 10.2. The van der Waals surface area contributed by atoms with Crippen molar-refractivity contribution in [2.75, 3.05) is 0 Å². The van der Waals surface area contributed by atoms with Crippen LogP contribution in [0.4, 0.5) is 0 Å². The van der Waals surface area contributed by atoms with E-state index >= 15 is 0 Å². The summed E-state index contributed by atoms with van der Waals surface area (Å²) in [7, 11) is 0. The summed E-state index contributed by atoms with van der Waals surface area (Å²) in [6, 6.07) is 7.70. The zero-order chi connectivity index (χ0) is 9.80. The summed E-state index contributed by atoms with van der Waals surface area (Å²) in [5.41, 5.74) is 6.57. The van der Waals surface area contributed by atoms with Crippen LogP contribution in [0, 0.1) is 0 Å². The fourth-order valence-electron chi connectivity index (χ4n) is 1.13. The average molecular weight is 206 g/mol. The van der Waals surface area contributed by atoms with Crippen LogP contribution in [0.3, 0.4) is 0 Å². The van der Waals surface area contributed by atoms with Crippen molar-refractivity contribution in [3.63, 3.8) is 0 Å². The number of nitrogens with two attached hydrogens (primary N) is 1. The molecule has 0 amide bonds. The van der Waals surface area contributed by atoms with Crippen LogP contribution in [-0.2, 0) is 6.54 Å². The fraction of sp³-hybridized carbons (Fsp3) is 0.100. The van der Waals surface area contributed by atoms with E-state index in [2.05, 4.69) is 4.98 Å². The molecule has 14 heavy (non-hydrogen) atoms. The van der Waals surface area contributed by atoms with Gasteiger partial charge in [-0.3, -0.25) is 0 Å². The Morgan fingerprint density at radius 3 is 2.93 bits per heavy atom. The second-order valence-corrected chi connectivity index (χ2v) is 3.57. The van der Waals surface area contributed by atoms with Crippen LogP contribution in [0.5, 0.6) is 10.9 Å². The molecule has 0 aliphatic heterocycles. The van der Waals surface area contributed by atoms with Crippen molar-refractivity contribution < 1.29 is 4.74 Å². The first-order chi connectivity index (χ1) is 6.90. The maximum absolute atomic E-state index is 5.58. The van der Waals surface area contributed by atoms with Crippen molar-refractivity contribution in [2.45, 2.75) is 6.54 Å². The van der Waals surface area contributed by atoms with Gasteiger partial charge in [0.2, 0.25) is 0 Å². The van der Waals surface area contributed by atoms with E-state index in [0.717, 1.165) is 11.3 Å². The Morgan fingerprint density at radius 1 is 1.36 bits per heavy atom. The molecule has 0 saturated carbocycles. The lowest BCUT2D eigenvalue weighted by molar-refractivity contribution is 0.473. The lowest BCUT2D eigenvalue weighted by Gasteiger charge is -2.06. The molecule has 1 aromatic carbocycles. The third kappa shape index (κ3) is 1.92. The number of thiazole rings is 1. The van der Waals surface area contributed by atoms with Gasteiger partial charge in [0.1, 0.15) is 5.75 Å². The minimum atomic E-state index is 0.474. The van der Waals surface area contributed by atoms with Gasteiger partial charge in [-0.25, -0.2) is 4.98 Å². The highest BCUT2D eigenvalue weighted by Gasteiger charge is 2.03. The monoisotopic (exact) mass is 206 g/mol. The molecule has 2 N–H and O–H groups in total. The Labute approximate surface area is 86.2 Å². The first-order valence-corrected chi connectivity index (χ1v) is 5.13. The molecular weight excluding hydrogens is 196 g/mol. The predicted octanol–water partition coefficient (Wildman–Crippen LogP) is 2.39. The van der Waals surface area contributed by atoms with Crippen molar-refractivity contribution in [2.24, 2.45) is 5.73 Å². The maximum Gasteiger partial charge on any atom is 0.278 e. The van der Waals surface area contributed by atoms with Crippen molar-refractivity contribution in [3.8, 4) is 10.9 Å². The van der Waals surface area contributed by atoms with E-state index in [-0.39, 0.29) is 0 Å². The third-order valence-electron chi connectivity index (χ3n) is 1.80. The third-order valence-corrected chi connectivity index (χ3v) is 2.45. The van der Waals surface area contributed by atoms with E-state index in [1.165, 1.54) is 11.3 Å². The predicted molar refractivity (Wildman–Crippen MR) is 56.5 cm³/mol. The van der Waals surface area contributed by atoms with E-state index in [1.807, 2.05) is 29.6 Å². The number of rotatable bonds is 3. The van der Waals surface area contributed by atoms with Gasteiger partial charge in [0.25, 0.3) is 5.19 Å². The summed E-state index contributed by atoms with van der Waals surface area (Å²) in [6.45, 7) is 0.474. The Kier molecular flexibility index (Phi) is 2.76. The van der Waals surface area contributed by atoms with Crippen molar-refractivity contribution in [1.29, 1.82) is 0 Å². The Morgan fingerprint density at radius 2 is 2.21 bits per heavy atom. The molecule has 0 spiro atoms. The number of para-hydroxylation sites is 1. The second-order valence-electron chi connectivity index (χ2n) is 2.71. The molecule has 0 saturated heterocycles. The summed E-state index contributed by atoms with van der Waals surface area (Å²) >= 11 is 1.46. The molecular formula is C10H10N2OS. The summed E-state index contributed by atoms with van der Waals surface area (Å²) in [5.74, 6) is 0.782. The molecule has 3 nitrogen and oxygen atoms in total. The summed E-state index contributed by atoms with van der Waals surface area (Å²) in [4.78, 5) is 4.04. The molecule has 0 unspecified atom stereocenters. The molecule has 4 heteroatoms. The van der Waals surface area contributed by atoms with E-state index in [4.69, 9.17) is 10.5 Å². The van der Waals surface area contributed by atoms with Crippen LogP contribution in [0.15, 0.2) is 35.8 Å². The Hall–Kier alpha value is -1.39. The number of hydrogen-bond donors (Lipinski definition) is 1. The van der Waals surface area contributed by atoms with E-state index in [9.17, 15) is 0 Å². The maximum atomic E-state index is 5.58. The molecule has 0 aliphatic rings. The van der Waals surface area contributed by atoms with E-state index in [0.29, 0.717) is 11.7 Å². The van der Waals surface area contributed by atoms with Crippen LogP contribution < -0.4 is 10.5 Å². The molecule has 0 radical (unpaired) electrons. The molecule has 1 heterocycles. The molecule has 0 bridgehead atoms. The first kappa shape index (κ1) is 9.18. The largest absolute Gasteiger partial charge is 0.431 e. The average Bonchev–Trinajstić information content (AvgIpc) is 2.71. The van der Waals surface area contributed by atoms with Gasteiger partial charge in [0, 0.05) is 23.7 Å². The van der Waals surface area contributed by atoms with Crippen LogP contribution in [0.25, 0.3) is 0 Å². The zero-order valence-corrected chi connectivity index (χ0v) is 8.33. The smallest absolute Gasteiger partial charge is 0.278 e. The molecule has 0 fully saturated rings. The first-order valence-electron chi connectivity index (χ1n) is 4.25. The van der Waals surface area contributed by atoms with E-state index < -0.39 is 0 Å². The van der Waals surface area contributed by atoms with Gasteiger partial charge in [-0.15, -0.1) is 0 Å². The van der Waals surface area contributed by atoms with Crippen molar-refractivity contribution in [1.82, 2.24) is 4.98 Å². The SMILES string of the molecule is NCc1ccccc1Oc1nccs1. The highest BCUT2D eigenvalue weighted by Crippen LogP contribution is 2.26. The topological polar surface area (TPSA) is 48.1 Å². The number of nitrogens with zero attached hydrogens (tertiary/aromatic N) is 1. The molecule has 1 aromatic heterocycles. The minimum Gasteiger partial charge on any atom is -0.431 e. The van der Waals surface area contributed by atoms with Crippen LogP contribution in [0.2, 0.25) is 0 Å². The Bertz CT molecular complexity index is 400. The van der Waals surface area contributed by atoms with Crippen molar-refractivity contribution >= 4 is 11.3 Å². The summed E-state index contributed by atoms with van der Waals surface area (Å²) in [5, 5.41) is 2.52. The van der Waals surface area contributed by atoms with Crippen molar-refractivity contribution in [3.05, 3.63) is 41.4 Å². The zero-order valence-electron chi connectivity index (χ0n) is 7.51. The number of benzene rings is 1. The quantitative estimate of drug-likeness (QED) is 0.838. The van der Waals surface area contributed by atoms with Gasteiger partial charge in [0.15, 0.2) is 0 Å². The Balaban J connectivity index is 2.24. The highest BCUT2D eigenvalue weighted by atomic mass is 32.1. The van der Waals surface area contributed by atoms with E-state index in [1.54, 1.807) is 6.20 Å². The number of ether oxygens (including phenoxy) is 1. The second kappa shape index (κ2) is 4.21. The number of hydrogen-bond acceptors (Lipinski definition) is 4. The normalized spacial score (nSPS) is 10.1. The fourth-order valence-corrected chi connectivity index (χ4v) is 1.62.